The molecule has 9 heteroatoms. The molecule has 0 aliphatic carbocycles. The number of rotatable bonds is 2. The van der Waals surface area contributed by atoms with Gasteiger partial charge in [-0.2, -0.15) is 9.61 Å². The highest BCUT2D eigenvalue weighted by Crippen LogP contribution is 2.30. The molecule has 1 saturated heterocycles. The second-order valence-electron chi connectivity index (χ2n) is 4.29. The van der Waals surface area contributed by atoms with Gasteiger partial charge in [0.05, 0.1) is 6.61 Å². The summed E-state index contributed by atoms with van der Waals surface area (Å²) < 4.78 is 7.19. The molecule has 7 nitrogen and oxygen atoms in total. The number of nitrogen functional groups attached to an aromatic ring is 1. The Bertz CT molecular complexity index is 725. The molecule has 4 rings (SSSR count). The van der Waals surface area contributed by atoms with Gasteiger partial charge in [-0.25, -0.2) is 4.98 Å². The van der Waals surface area contributed by atoms with Crippen LogP contribution in [0.4, 0.5) is 5.13 Å². The van der Waals surface area contributed by atoms with Crippen LogP contribution in [0.3, 0.4) is 0 Å². The standard InChI is InChI=1S/C10H10N6OS2/c11-9-12-6(4-18-9)8-15-16-7(5-1-2-17-3-5)13-14-10(16)19-8/h4-5H,1-3H2,(H2,11,12). The minimum Gasteiger partial charge on any atom is -0.381 e. The Hall–Kier alpha value is -1.58. The van der Waals surface area contributed by atoms with E-state index in [0.29, 0.717) is 11.7 Å². The monoisotopic (exact) mass is 294 g/mol. The second-order valence-corrected chi connectivity index (χ2v) is 6.14. The van der Waals surface area contributed by atoms with Gasteiger partial charge >= 0.3 is 0 Å². The van der Waals surface area contributed by atoms with Gasteiger partial charge in [-0.15, -0.1) is 21.5 Å². The predicted molar refractivity (Wildman–Crippen MR) is 72.4 cm³/mol. The Morgan fingerprint density at radius 3 is 3.11 bits per heavy atom. The summed E-state index contributed by atoms with van der Waals surface area (Å²) in [7, 11) is 0. The fourth-order valence-corrected chi connectivity index (χ4v) is 3.54. The van der Waals surface area contributed by atoms with Crippen molar-refractivity contribution in [2.75, 3.05) is 18.9 Å². The first kappa shape index (κ1) is 11.3. The first-order valence-corrected chi connectivity index (χ1v) is 7.52. The molecule has 1 unspecified atom stereocenters. The number of aromatic nitrogens is 5. The van der Waals surface area contributed by atoms with E-state index in [1.807, 2.05) is 5.38 Å². The van der Waals surface area contributed by atoms with Crippen molar-refractivity contribution in [1.29, 1.82) is 0 Å². The highest BCUT2D eigenvalue weighted by atomic mass is 32.1. The van der Waals surface area contributed by atoms with Crippen molar-refractivity contribution >= 4 is 32.8 Å². The second kappa shape index (κ2) is 4.22. The average Bonchev–Trinajstić information content (AvgIpc) is 3.11. The summed E-state index contributed by atoms with van der Waals surface area (Å²) in [6, 6.07) is 0. The van der Waals surface area contributed by atoms with Crippen molar-refractivity contribution < 1.29 is 4.74 Å². The third kappa shape index (κ3) is 1.81. The zero-order valence-electron chi connectivity index (χ0n) is 9.81. The zero-order chi connectivity index (χ0) is 12.8. The molecule has 1 aliphatic rings. The lowest BCUT2D eigenvalue weighted by Crippen LogP contribution is -2.04. The molecular formula is C10H10N6OS2. The first-order chi connectivity index (χ1) is 9.31. The molecule has 0 aromatic carbocycles. The van der Waals surface area contributed by atoms with Gasteiger partial charge in [0.2, 0.25) is 4.96 Å². The third-order valence-electron chi connectivity index (χ3n) is 3.05. The average molecular weight is 294 g/mol. The first-order valence-electron chi connectivity index (χ1n) is 5.82. The van der Waals surface area contributed by atoms with Gasteiger partial charge in [0.15, 0.2) is 16.0 Å². The van der Waals surface area contributed by atoms with Gasteiger partial charge < -0.3 is 10.5 Å². The van der Waals surface area contributed by atoms with Crippen LogP contribution in [0.5, 0.6) is 0 Å². The molecule has 19 heavy (non-hydrogen) atoms. The Morgan fingerprint density at radius 1 is 1.42 bits per heavy atom. The van der Waals surface area contributed by atoms with Crippen LogP contribution in [0.1, 0.15) is 18.2 Å². The molecule has 98 valence electrons. The number of fused-ring (bicyclic) bond motifs is 1. The van der Waals surface area contributed by atoms with E-state index in [9.17, 15) is 0 Å². The van der Waals surface area contributed by atoms with E-state index in [4.69, 9.17) is 10.5 Å². The molecule has 3 aromatic heterocycles. The lowest BCUT2D eigenvalue weighted by atomic mass is 10.1. The molecule has 2 N–H and O–H groups in total. The summed E-state index contributed by atoms with van der Waals surface area (Å²) in [4.78, 5) is 5.02. The number of nitrogens with zero attached hydrogens (tertiary/aromatic N) is 5. The Labute approximate surface area is 116 Å². The van der Waals surface area contributed by atoms with E-state index in [-0.39, 0.29) is 5.92 Å². The van der Waals surface area contributed by atoms with Gasteiger partial charge in [0, 0.05) is 17.9 Å². The molecule has 3 aromatic rings. The molecule has 0 saturated carbocycles. The SMILES string of the molecule is Nc1nc(-c2nn3c(C4CCOC4)nnc3s2)cs1. The maximum atomic E-state index is 5.65. The van der Waals surface area contributed by atoms with Gasteiger partial charge in [0.1, 0.15) is 5.69 Å². The number of nitrogens with two attached hydrogens (primary N) is 1. The van der Waals surface area contributed by atoms with Crippen molar-refractivity contribution in [3.05, 3.63) is 11.2 Å². The van der Waals surface area contributed by atoms with Crippen LogP contribution in [0, 0.1) is 0 Å². The molecule has 1 atom stereocenters. The van der Waals surface area contributed by atoms with Gasteiger partial charge in [0.25, 0.3) is 0 Å². The van der Waals surface area contributed by atoms with Crippen LogP contribution in [0.2, 0.25) is 0 Å². The summed E-state index contributed by atoms with van der Waals surface area (Å²) in [6.45, 7) is 1.47. The Balaban J connectivity index is 1.79. The van der Waals surface area contributed by atoms with E-state index in [2.05, 4.69) is 20.3 Å². The fraction of sp³-hybridized carbons (Fsp3) is 0.400. The minimum atomic E-state index is 0.283. The largest absolute Gasteiger partial charge is 0.381 e. The highest BCUT2D eigenvalue weighted by Gasteiger charge is 2.25. The minimum absolute atomic E-state index is 0.283. The Kier molecular flexibility index (Phi) is 2.50. The zero-order valence-corrected chi connectivity index (χ0v) is 11.4. The summed E-state index contributed by atoms with van der Waals surface area (Å²) in [6.07, 6.45) is 0.970. The maximum absolute atomic E-state index is 5.65. The van der Waals surface area contributed by atoms with Crippen LogP contribution >= 0.6 is 22.7 Å². The summed E-state index contributed by atoms with van der Waals surface area (Å²) in [5, 5.41) is 16.2. The summed E-state index contributed by atoms with van der Waals surface area (Å²) in [5.74, 6) is 1.16. The van der Waals surface area contributed by atoms with E-state index in [1.54, 1.807) is 4.52 Å². The number of ether oxygens (including phenoxy) is 1. The fourth-order valence-electron chi connectivity index (χ4n) is 2.11. The van der Waals surface area contributed by atoms with Crippen LogP contribution in [0.25, 0.3) is 15.7 Å². The van der Waals surface area contributed by atoms with E-state index >= 15 is 0 Å². The lowest BCUT2D eigenvalue weighted by Gasteiger charge is -2.01. The van der Waals surface area contributed by atoms with Gasteiger partial charge in [-0.3, -0.25) is 0 Å². The molecule has 1 fully saturated rings. The normalized spacial score (nSPS) is 19.5. The summed E-state index contributed by atoms with van der Waals surface area (Å²) in [5.41, 5.74) is 6.45. The quantitative estimate of drug-likeness (QED) is 0.768. The van der Waals surface area contributed by atoms with Crippen molar-refractivity contribution in [1.82, 2.24) is 24.8 Å². The molecule has 0 amide bonds. The number of hydrogen-bond acceptors (Lipinski definition) is 8. The van der Waals surface area contributed by atoms with Crippen LogP contribution in [-0.4, -0.2) is 38.0 Å². The van der Waals surface area contributed by atoms with Crippen LogP contribution < -0.4 is 5.73 Å². The number of thiazole rings is 1. The van der Waals surface area contributed by atoms with Crippen molar-refractivity contribution in [2.45, 2.75) is 12.3 Å². The molecule has 0 radical (unpaired) electrons. The number of anilines is 1. The third-order valence-corrected chi connectivity index (χ3v) is 4.65. The van der Waals surface area contributed by atoms with Crippen LogP contribution in [0.15, 0.2) is 5.38 Å². The van der Waals surface area contributed by atoms with Crippen molar-refractivity contribution in [3.63, 3.8) is 0 Å². The molecular weight excluding hydrogens is 284 g/mol. The smallest absolute Gasteiger partial charge is 0.235 e. The van der Waals surface area contributed by atoms with E-state index in [1.165, 1.54) is 22.7 Å². The van der Waals surface area contributed by atoms with E-state index < -0.39 is 0 Å². The molecule has 1 aliphatic heterocycles. The topological polar surface area (TPSA) is 91.2 Å². The van der Waals surface area contributed by atoms with Crippen molar-refractivity contribution in [3.8, 4) is 10.7 Å². The molecule has 4 heterocycles. The molecule has 0 spiro atoms. The van der Waals surface area contributed by atoms with Gasteiger partial charge in [-0.1, -0.05) is 11.3 Å². The highest BCUT2D eigenvalue weighted by molar-refractivity contribution is 7.20. The van der Waals surface area contributed by atoms with Crippen molar-refractivity contribution in [2.24, 2.45) is 0 Å². The maximum Gasteiger partial charge on any atom is 0.235 e. The predicted octanol–water partition coefficient (Wildman–Crippen LogP) is 1.40. The molecule has 0 bridgehead atoms. The summed E-state index contributed by atoms with van der Waals surface area (Å²) >= 11 is 2.88. The van der Waals surface area contributed by atoms with Gasteiger partial charge in [-0.05, 0) is 6.42 Å². The lowest BCUT2D eigenvalue weighted by molar-refractivity contribution is 0.193. The van der Waals surface area contributed by atoms with E-state index in [0.717, 1.165) is 34.5 Å². The number of hydrogen-bond donors (Lipinski definition) is 1. The Morgan fingerprint density at radius 2 is 2.37 bits per heavy atom. The van der Waals surface area contributed by atoms with Crippen LogP contribution in [-0.2, 0) is 4.74 Å².